The van der Waals surface area contributed by atoms with Gasteiger partial charge in [0.1, 0.15) is 0 Å². The van der Waals surface area contributed by atoms with Gasteiger partial charge in [-0.05, 0) is 17.7 Å². The Balaban J connectivity index is 3.06. The van der Waals surface area contributed by atoms with Crippen molar-refractivity contribution in [2.24, 2.45) is 5.73 Å². The summed E-state index contributed by atoms with van der Waals surface area (Å²) in [4.78, 5) is 1.67. The lowest BCUT2D eigenvalue weighted by molar-refractivity contribution is 1.04. The van der Waals surface area contributed by atoms with Crippen LogP contribution in [-0.4, -0.2) is 20.1 Å². The maximum Gasteiger partial charge on any atom is 0.195 e. The van der Waals surface area contributed by atoms with Gasteiger partial charge in [-0.1, -0.05) is 17.7 Å². The zero-order valence-corrected chi connectivity index (χ0v) is 9.60. The quantitative estimate of drug-likeness (QED) is 0.528. The lowest BCUT2D eigenvalue weighted by Gasteiger charge is -2.21. The SMILES string of the molecule is CNC(=N)N(C)c1cc(CN)ccc1Cl. The van der Waals surface area contributed by atoms with E-state index in [0.717, 1.165) is 11.3 Å². The van der Waals surface area contributed by atoms with Crippen molar-refractivity contribution in [1.82, 2.24) is 5.32 Å². The minimum atomic E-state index is 0.283. The Hall–Kier alpha value is -1.26. The molecule has 1 aromatic rings. The molecule has 0 saturated heterocycles. The van der Waals surface area contributed by atoms with Crippen LogP contribution in [0.15, 0.2) is 18.2 Å². The average molecular weight is 227 g/mol. The molecule has 0 amide bonds. The third-order valence-electron chi connectivity index (χ3n) is 2.18. The van der Waals surface area contributed by atoms with E-state index in [2.05, 4.69) is 5.32 Å². The molecule has 0 aliphatic rings. The van der Waals surface area contributed by atoms with Crippen molar-refractivity contribution in [2.75, 3.05) is 19.0 Å². The minimum Gasteiger partial charge on any atom is -0.359 e. The third kappa shape index (κ3) is 2.61. The number of nitrogens with two attached hydrogens (primary N) is 1. The molecule has 0 aliphatic carbocycles. The van der Waals surface area contributed by atoms with Crippen LogP contribution in [0.2, 0.25) is 5.02 Å². The lowest BCUT2D eigenvalue weighted by atomic mass is 10.2. The van der Waals surface area contributed by atoms with Crippen LogP contribution in [0.4, 0.5) is 5.69 Å². The van der Waals surface area contributed by atoms with E-state index in [1.807, 2.05) is 12.1 Å². The molecule has 82 valence electrons. The van der Waals surface area contributed by atoms with Crippen LogP contribution in [0.5, 0.6) is 0 Å². The summed E-state index contributed by atoms with van der Waals surface area (Å²) < 4.78 is 0. The number of hydrogen-bond donors (Lipinski definition) is 3. The van der Waals surface area contributed by atoms with Crippen molar-refractivity contribution in [3.05, 3.63) is 28.8 Å². The molecule has 0 radical (unpaired) electrons. The van der Waals surface area contributed by atoms with Crippen molar-refractivity contribution in [3.8, 4) is 0 Å². The van der Waals surface area contributed by atoms with Crippen LogP contribution in [0.3, 0.4) is 0 Å². The number of halogens is 1. The van der Waals surface area contributed by atoms with Gasteiger partial charge in [0.25, 0.3) is 0 Å². The number of rotatable bonds is 2. The Morgan fingerprint density at radius 2 is 2.27 bits per heavy atom. The predicted molar refractivity (Wildman–Crippen MR) is 64.5 cm³/mol. The molecule has 0 heterocycles. The maximum absolute atomic E-state index is 7.63. The van der Waals surface area contributed by atoms with E-state index in [-0.39, 0.29) is 5.96 Å². The first-order valence-electron chi connectivity index (χ1n) is 4.58. The molecular weight excluding hydrogens is 212 g/mol. The molecule has 0 aromatic heterocycles. The summed E-state index contributed by atoms with van der Waals surface area (Å²) in [6.07, 6.45) is 0. The van der Waals surface area contributed by atoms with E-state index in [4.69, 9.17) is 22.7 Å². The highest BCUT2D eigenvalue weighted by Gasteiger charge is 2.09. The third-order valence-corrected chi connectivity index (χ3v) is 2.50. The second kappa shape index (κ2) is 5.00. The van der Waals surface area contributed by atoms with E-state index in [9.17, 15) is 0 Å². The van der Waals surface area contributed by atoms with Crippen LogP contribution < -0.4 is 16.0 Å². The van der Waals surface area contributed by atoms with E-state index < -0.39 is 0 Å². The summed E-state index contributed by atoms with van der Waals surface area (Å²) in [6, 6.07) is 5.55. The molecule has 0 aliphatic heterocycles. The van der Waals surface area contributed by atoms with Gasteiger partial charge in [0.05, 0.1) is 10.7 Å². The summed E-state index contributed by atoms with van der Waals surface area (Å²) in [5.74, 6) is 0.283. The number of anilines is 1. The first kappa shape index (κ1) is 11.8. The summed E-state index contributed by atoms with van der Waals surface area (Å²) in [7, 11) is 3.47. The zero-order chi connectivity index (χ0) is 11.4. The fourth-order valence-corrected chi connectivity index (χ4v) is 1.47. The number of benzene rings is 1. The van der Waals surface area contributed by atoms with Gasteiger partial charge >= 0.3 is 0 Å². The molecule has 5 heteroatoms. The Morgan fingerprint density at radius 3 is 2.80 bits per heavy atom. The highest BCUT2D eigenvalue weighted by atomic mass is 35.5. The monoisotopic (exact) mass is 226 g/mol. The van der Waals surface area contributed by atoms with Gasteiger partial charge in [-0.3, -0.25) is 5.41 Å². The fraction of sp³-hybridized carbons (Fsp3) is 0.300. The van der Waals surface area contributed by atoms with Crippen molar-refractivity contribution in [2.45, 2.75) is 6.54 Å². The summed E-state index contributed by atoms with van der Waals surface area (Å²) in [6.45, 7) is 0.463. The first-order chi connectivity index (χ1) is 7.10. The van der Waals surface area contributed by atoms with Gasteiger partial charge in [-0.15, -0.1) is 0 Å². The van der Waals surface area contributed by atoms with Crippen LogP contribution >= 0.6 is 11.6 Å². The van der Waals surface area contributed by atoms with Gasteiger partial charge < -0.3 is 16.0 Å². The fourth-order valence-electron chi connectivity index (χ4n) is 1.23. The normalized spacial score (nSPS) is 9.87. The first-order valence-corrected chi connectivity index (χ1v) is 4.96. The van der Waals surface area contributed by atoms with Gasteiger partial charge in [-0.25, -0.2) is 0 Å². The zero-order valence-electron chi connectivity index (χ0n) is 8.84. The molecule has 4 N–H and O–H groups in total. The van der Waals surface area contributed by atoms with E-state index in [1.54, 1.807) is 25.1 Å². The smallest absolute Gasteiger partial charge is 0.195 e. The van der Waals surface area contributed by atoms with E-state index >= 15 is 0 Å². The number of nitrogens with one attached hydrogen (secondary N) is 2. The molecule has 0 spiro atoms. The van der Waals surface area contributed by atoms with Crippen molar-refractivity contribution < 1.29 is 0 Å². The number of hydrogen-bond acceptors (Lipinski definition) is 2. The number of guanidine groups is 1. The van der Waals surface area contributed by atoms with Gasteiger partial charge in [0.15, 0.2) is 5.96 Å². The van der Waals surface area contributed by atoms with Gasteiger partial charge in [0.2, 0.25) is 0 Å². The second-order valence-corrected chi connectivity index (χ2v) is 3.55. The Bertz CT molecular complexity index is 364. The van der Waals surface area contributed by atoms with Gasteiger partial charge in [-0.2, -0.15) is 0 Å². The van der Waals surface area contributed by atoms with Crippen molar-refractivity contribution in [1.29, 1.82) is 5.41 Å². The molecule has 0 unspecified atom stereocenters. The largest absolute Gasteiger partial charge is 0.359 e. The molecule has 0 saturated carbocycles. The number of nitrogens with zero attached hydrogens (tertiary/aromatic N) is 1. The van der Waals surface area contributed by atoms with Crippen LogP contribution in [-0.2, 0) is 6.54 Å². The van der Waals surface area contributed by atoms with Gasteiger partial charge in [0, 0.05) is 20.6 Å². The van der Waals surface area contributed by atoms with Crippen LogP contribution in [0, 0.1) is 5.41 Å². The molecule has 4 nitrogen and oxygen atoms in total. The maximum atomic E-state index is 7.63. The molecule has 1 rings (SSSR count). The lowest BCUT2D eigenvalue weighted by Crippen LogP contribution is -2.35. The van der Waals surface area contributed by atoms with E-state index in [1.165, 1.54) is 0 Å². The molecule has 15 heavy (non-hydrogen) atoms. The predicted octanol–water partition coefficient (Wildman–Crippen LogP) is 1.39. The molecule has 1 aromatic carbocycles. The summed E-state index contributed by atoms with van der Waals surface area (Å²) in [5, 5.41) is 11.0. The molecular formula is C10H15ClN4. The highest BCUT2D eigenvalue weighted by Crippen LogP contribution is 2.25. The Labute approximate surface area is 94.5 Å². The average Bonchev–Trinajstić information content (AvgIpc) is 2.27. The summed E-state index contributed by atoms with van der Waals surface area (Å²) in [5.41, 5.74) is 7.31. The highest BCUT2D eigenvalue weighted by molar-refractivity contribution is 6.33. The summed E-state index contributed by atoms with van der Waals surface area (Å²) >= 11 is 6.04. The second-order valence-electron chi connectivity index (χ2n) is 3.15. The Kier molecular flexibility index (Phi) is 3.94. The van der Waals surface area contributed by atoms with Crippen molar-refractivity contribution in [3.63, 3.8) is 0 Å². The molecule has 0 fully saturated rings. The minimum absolute atomic E-state index is 0.283. The van der Waals surface area contributed by atoms with Crippen molar-refractivity contribution >= 4 is 23.2 Å². The molecule has 0 atom stereocenters. The standard InChI is InChI=1S/C10H15ClN4/c1-14-10(13)15(2)9-5-7(6-12)3-4-8(9)11/h3-5H,6,12H2,1-2H3,(H2,13,14). The topological polar surface area (TPSA) is 65.1 Å². The van der Waals surface area contributed by atoms with Crippen LogP contribution in [0.25, 0.3) is 0 Å². The van der Waals surface area contributed by atoms with Crippen LogP contribution in [0.1, 0.15) is 5.56 Å². The molecule has 0 bridgehead atoms. The van der Waals surface area contributed by atoms with E-state index in [0.29, 0.717) is 11.6 Å². The Morgan fingerprint density at radius 1 is 1.60 bits per heavy atom.